The third-order valence-corrected chi connectivity index (χ3v) is 2.79. The van der Waals surface area contributed by atoms with E-state index in [0.29, 0.717) is 12.1 Å². The summed E-state index contributed by atoms with van der Waals surface area (Å²) in [5, 5.41) is 3.50. The van der Waals surface area contributed by atoms with E-state index < -0.39 is 0 Å². The maximum atomic E-state index is 5.49. The fourth-order valence-electron chi connectivity index (χ4n) is 1.76. The minimum absolute atomic E-state index is 0.353. The second-order valence-corrected chi connectivity index (χ2v) is 4.98. The Balaban J connectivity index is 3.15. The Labute approximate surface area is 102 Å². The van der Waals surface area contributed by atoms with Crippen molar-refractivity contribution in [2.75, 3.05) is 13.2 Å². The quantitative estimate of drug-likeness (QED) is 0.545. The van der Waals surface area contributed by atoms with E-state index in [1.807, 2.05) is 0 Å². The smallest absolute Gasteiger partial charge is 0.0594 e. The highest BCUT2D eigenvalue weighted by molar-refractivity contribution is 4.60. The van der Waals surface area contributed by atoms with Crippen LogP contribution in [0.25, 0.3) is 0 Å². The van der Waals surface area contributed by atoms with Crippen LogP contribution < -0.4 is 5.32 Å². The molecule has 0 amide bonds. The van der Waals surface area contributed by atoms with Gasteiger partial charge in [-0.25, -0.2) is 0 Å². The zero-order chi connectivity index (χ0) is 12.2. The van der Waals surface area contributed by atoms with Crippen LogP contribution in [0.4, 0.5) is 0 Å². The molecule has 16 heavy (non-hydrogen) atoms. The lowest BCUT2D eigenvalue weighted by atomic mass is 10.1. The third-order valence-electron chi connectivity index (χ3n) is 2.79. The molecule has 2 heteroatoms. The van der Waals surface area contributed by atoms with Gasteiger partial charge < -0.3 is 10.1 Å². The van der Waals surface area contributed by atoms with Crippen molar-refractivity contribution >= 4 is 0 Å². The van der Waals surface area contributed by atoms with Crippen LogP contribution in [0, 0.1) is 0 Å². The van der Waals surface area contributed by atoms with Crippen molar-refractivity contribution in [3.63, 3.8) is 0 Å². The first-order chi connectivity index (χ1) is 7.66. The summed E-state index contributed by atoms with van der Waals surface area (Å²) in [5.74, 6) is 0. The summed E-state index contributed by atoms with van der Waals surface area (Å²) in [7, 11) is 0. The highest BCUT2D eigenvalue weighted by Gasteiger charge is 2.00. The van der Waals surface area contributed by atoms with E-state index in [1.54, 1.807) is 0 Å². The molecule has 1 atom stereocenters. The SMILES string of the molecule is CCCCCCCC(C)NCCOC(C)C. The Bertz CT molecular complexity index is 137. The van der Waals surface area contributed by atoms with E-state index >= 15 is 0 Å². The molecule has 0 spiro atoms. The monoisotopic (exact) mass is 229 g/mol. The molecule has 0 aromatic carbocycles. The van der Waals surface area contributed by atoms with E-state index in [0.717, 1.165) is 13.2 Å². The summed E-state index contributed by atoms with van der Waals surface area (Å²) in [4.78, 5) is 0. The maximum Gasteiger partial charge on any atom is 0.0594 e. The van der Waals surface area contributed by atoms with Crippen molar-refractivity contribution in [2.45, 2.75) is 78.4 Å². The fourth-order valence-corrected chi connectivity index (χ4v) is 1.76. The minimum Gasteiger partial charge on any atom is -0.377 e. The van der Waals surface area contributed by atoms with E-state index in [9.17, 15) is 0 Å². The highest BCUT2D eigenvalue weighted by atomic mass is 16.5. The average molecular weight is 229 g/mol. The van der Waals surface area contributed by atoms with Gasteiger partial charge in [-0.05, 0) is 27.2 Å². The maximum absolute atomic E-state index is 5.49. The average Bonchev–Trinajstić information content (AvgIpc) is 2.24. The van der Waals surface area contributed by atoms with Crippen LogP contribution in [0.1, 0.15) is 66.2 Å². The Hall–Kier alpha value is -0.0800. The molecule has 0 aromatic heterocycles. The van der Waals surface area contributed by atoms with Crippen molar-refractivity contribution in [3.8, 4) is 0 Å². The minimum atomic E-state index is 0.353. The number of hydrogen-bond acceptors (Lipinski definition) is 2. The van der Waals surface area contributed by atoms with Gasteiger partial charge in [0, 0.05) is 12.6 Å². The van der Waals surface area contributed by atoms with Gasteiger partial charge in [0.2, 0.25) is 0 Å². The van der Waals surface area contributed by atoms with E-state index in [-0.39, 0.29) is 0 Å². The predicted molar refractivity (Wildman–Crippen MR) is 71.9 cm³/mol. The van der Waals surface area contributed by atoms with Gasteiger partial charge in [-0.3, -0.25) is 0 Å². The molecular weight excluding hydrogens is 198 g/mol. The van der Waals surface area contributed by atoms with Crippen molar-refractivity contribution in [2.24, 2.45) is 0 Å². The number of hydrogen-bond donors (Lipinski definition) is 1. The van der Waals surface area contributed by atoms with E-state index in [2.05, 4.69) is 33.0 Å². The molecule has 98 valence electrons. The molecule has 0 radical (unpaired) electrons. The van der Waals surface area contributed by atoms with Crippen molar-refractivity contribution < 1.29 is 4.74 Å². The summed E-state index contributed by atoms with van der Waals surface area (Å²) < 4.78 is 5.49. The van der Waals surface area contributed by atoms with Gasteiger partial charge in [0.15, 0.2) is 0 Å². The van der Waals surface area contributed by atoms with Gasteiger partial charge in [-0.15, -0.1) is 0 Å². The molecule has 0 rings (SSSR count). The van der Waals surface area contributed by atoms with Crippen molar-refractivity contribution in [1.29, 1.82) is 0 Å². The topological polar surface area (TPSA) is 21.3 Å². The zero-order valence-corrected chi connectivity index (χ0v) is 11.7. The van der Waals surface area contributed by atoms with Gasteiger partial charge in [0.1, 0.15) is 0 Å². The molecule has 0 heterocycles. The van der Waals surface area contributed by atoms with Gasteiger partial charge in [0.25, 0.3) is 0 Å². The summed E-state index contributed by atoms with van der Waals surface area (Å²) in [5.41, 5.74) is 0. The normalized spacial score (nSPS) is 13.3. The molecule has 0 bridgehead atoms. The van der Waals surface area contributed by atoms with E-state index in [4.69, 9.17) is 4.74 Å². The van der Waals surface area contributed by atoms with Gasteiger partial charge >= 0.3 is 0 Å². The summed E-state index contributed by atoms with van der Waals surface area (Å²) >= 11 is 0. The zero-order valence-electron chi connectivity index (χ0n) is 11.7. The molecule has 0 saturated carbocycles. The summed E-state index contributed by atoms with van der Waals surface area (Å²) in [6, 6.07) is 0.636. The van der Waals surface area contributed by atoms with Gasteiger partial charge in [-0.2, -0.15) is 0 Å². The van der Waals surface area contributed by atoms with Crippen LogP contribution in [0.15, 0.2) is 0 Å². The molecule has 0 fully saturated rings. The molecule has 0 aromatic rings. The first-order valence-corrected chi connectivity index (χ1v) is 7.01. The fraction of sp³-hybridized carbons (Fsp3) is 1.00. The van der Waals surface area contributed by atoms with Crippen LogP contribution in [0.5, 0.6) is 0 Å². The van der Waals surface area contributed by atoms with Crippen LogP contribution in [0.3, 0.4) is 0 Å². The van der Waals surface area contributed by atoms with E-state index in [1.165, 1.54) is 38.5 Å². The third kappa shape index (κ3) is 12.0. The molecule has 0 aliphatic carbocycles. The lowest BCUT2D eigenvalue weighted by Gasteiger charge is -2.14. The van der Waals surface area contributed by atoms with Crippen LogP contribution in [-0.2, 0) is 4.74 Å². The Morgan fingerprint density at radius 2 is 1.69 bits per heavy atom. The Kier molecular flexibility index (Phi) is 11.3. The predicted octanol–water partition coefficient (Wildman–Crippen LogP) is 3.75. The molecular formula is C14H31NO. The lowest BCUT2D eigenvalue weighted by molar-refractivity contribution is 0.0794. The summed E-state index contributed by atoms with van der Waals surface area (Å²) in [6.45, 7) is 10.5. The lowest BCUT2D eigenvalue weighted by Crippen LogP contribution is -2.30. The second kappa shape index (κ2) is 11.4. The number of ether oxygens (including phenoxy) is 1. The van der Waals surface area contributed by atoms with Crippen molar-refractivity contribution in [1.82, 2.24) is 5.32 Å². The van der Waals surface area contributed by atoms with Gasteiger partial charge in [0.05, 0.1) is 12.7 Å². The van der Waals surface area contributed by atoms with Crippen LogP contribution >= 0.6 is 0 Å². The standard InChI is InChI=1S/C14H31NO/c1-5-6-7-8-9-10-14(4)15-11-12-16-13(2)3/h13-15H,5-12H2,1-4H3. The molecule has 2 nitrogen and oxygen atoms in total. The first-order valence-electron chi connectivity index (χ1n) is 7.01. The Morgan fingerprint density at radius 1 is 1.00 bits per heavy atom. The number of unbranched alkanes of at least 4 members (excludes halogenated alkanes) is 4. The second-order valence-electron chi connectivity index (χ2n) is 4.98. The first kappa shape index (κ1) is 15.9. The molecule has 1 N–H and O–H groups in total. The van der Waals surface area contributed by atoms with Crippen LogP contribution in [0.2, 0.25) is 0 Å². The highest BCUT2D eigenvalue weighted by Crippen LogP contribution is 2.06. The largest absolute Gasteiger partial charge is 0.377 e. The Morgan fingerprint density at radius 3 is 2.31 bits per heavy atom. The molecule has 1 unspecified atom stereocenters. The van der Waals surface area contributed by atoms with Crippen LogP contribution in [-0.4, -0.2) is 25.3 Å². The number of nitrogens with one attached hydrogen (secondary N) is 1. The number of rotatable bonds is 11. The van der Waals surface area contributed by atoms with Crippen molar-refractivity contribution in [3.05, 3.63) is 0 Å². The molecule has 0 saturated heterocycles. The van der Waals surface area contributed by atoms with Gasteiger partial charge in [-0.1, -0.05) is 39.0 Å². The molecule has 0 aliphatic heterocycles. The molecule has 0 aliphatic rings. The summed E-state index contributed by atoms with van der Waals surface area (Å²) in [6.07, 6.45) is 8.53.